The minimum Gasteiger partial charge on any atom is -0.382 e. The Labute approximate surface area is 135 Å². The van der Waals surface area contributed by atoms with Crippen LogP contribution in [0.25, 0.3) is 0 Å². The highest BCUT2D eigenvalue weighted by molar-refractivity contribution is 5.96. The van der Waals surface area contributed by atoms with Gasteiger partial charge in [0, 0.05) is 5.69 Å². The van der Waals surface area contributed by atoms with Gasteiger partial charge in [-0.2, -0.15) is 0 Å². The molecule has 2 aromatic heterocycles. The maximum absolute atomic E-state index is 7.56. The summed E-state index contributed by atoms with van der Waals surface area (Å²) < 4.78 is 0. The van der Waals surface area contributed by atoms with Gasteiger partial charge in [0.2, 0.25) is 0 Å². The predicted molar refractivity (Wildman–Crippen MR) is 90.8 cm³/mol. The van der Waals surface area contributed by atoms with E-state index in [2.05, 4.69) is 27.0 Å². The second-order valence-electron chi connectivity index (χ2n) is 4.95. The Hall–Kier alpha value is -3.00. The number of aromatic nitrogens is 2. The monoisotopic (exact) mass is 306 g/mol. The summed E-state index contributed by atoms with van der Waals surface area (Å²) in [7, 11) is 0. The lowest BCUT2D eigenvalue weighted by atomic mass is 10.2. The Kier molecular flexibility index (Phi) is 5.59. The quantitative estimate of drug-likeness (QED) is 0.408. The molecule has 0 radical (unpaired) electrons. The van der Waals surface area contributed by atoms with Gasteiger partial charge in [-0.1, -0.05) is 23.2 Å². The van der Waals surface area contributed by atoms with Crippen LogP contribution in [-0.2, 0) is 4.84 Å². The molecule has 0 saturated heterocycles. The average molecular weight is 306 g/mol. The van der Waals surface area contributed by atoms with Gasteiger partial charge in [-0.3, -0.25) is 4.98 Å². The Morgan fingerprint density at radius 2 is 1.87 bits per heavy atom. The summed E-state index contributed by atoms with van der Waals surface area (Å²) in [5.41, 5.74) is 4.07. The van der Waals surface area contributed by atoms with E-state index in [0.29, 0.717) is 22.8 Å². The van der Waals surface area contributed by atoms with Crippen LogP contribution in [-0.4, -0.2) is 28.0 Å². The van der Waals surface area contributed by atoms with Crippen molar-refractivity contribution in [2.75, 3.05) is 6.61 Å². The van der Waals surface area contributed by atoms with Crippen molar-refractivity contribution < 1.29 is 4.84 Å². The van der Waals surface area contributed by atoms with Crippen LogP contribution in [0.5, 0.6) is 0 Å². The minimum atomic E-state index is 0.165. The molecule has 0 saturated carbocycles. The first-order valence-electron chi connectivity index (χ1n) is 7.18. The lowest BCUT2D eigenvalue weighted by Gasteiger charge is -2.00. The van der Waals surface area contributed by atoms with Gasteiger partial charge in [0.25, 0.3) is 0 Å². The molecule has 0 atom stereocenters. The molecule has 2 rings (SSSR count). The molecule has 5 nitrogen and oxygen atoms in total. The second kappa shape index (κ2) is 7.85. The van der Waals surface area contributed by atoms with Crippen molar-refractivity contribution in [3.63, 3.8) is 0 Å². The molecule has 2 heterocycles. The zero-order valence-electron chi connectivity index (χ0n) is 13.4. The van der Waals surface area contributed by atoms with E-state index in [0.717, 1.165) is 11.4 Å². The highest BCUT2D eigenvalue weighted by Gasteiger charge is 1.99. The SMILES string of the molecule is CC(=N)c1cccc(C#CCO/N=C(\C)c2cccc(C)n2)n1. The largest absolute Gasteiger partial charge is 0.382 e. The molecular weight excluding hydrogens is 288 g/mol. The first-order valence-corrected chi connectivity index (χ1v) is 7.18. The summed E-state index contributed by atoms with van der Waals surface area (Å²) >= 11 is 0. The molecule has 5 heteroatoms. The van der Waals surface area contributed by atoms with Gasteiger partial charge in [0.1, 0.15) is 11.4 Å². The number of nitrogens with one attached hydrogen (secondary N) is 1. The van der Waals surface area contributed by atoms with E-state index >= 15 is 0 Å². The summed E-state index contributed by atoms with van der Waals surface area (Å²) in [5, 5.41) is 11.6. The smallest absolute Gasteiger partial charge is 0.177 e. The van der Waals surface area contributed by atoms with Crippen LogP contribution in [0.1, 0.15) is 36.6 Å². The van der Waals surface area contributed by atoms with E-state index in [9.17, 15) is 0 Å². The van der Waals surface area contributed by atoms with E-state index in [4.69, 9.17) is 10.2 Å². The molecule has 0 spiro atoms. The van der Waals surface area contributed by atoms with E-state index in [1.807, 2.05) is 38.1 Å². The zero-order chi connectivity index (χ0) is 16.7. The third kappa shape index (κ3) is 5.04. The number of rotatable bonds is 4. The van der Waals surface area contributed by atoms with E-state index in [1.165, 1.54) is 0 Å². The molecular formula is C18H18N4O. The van der Waals surface area contributed by atoms with Gasteiger partial charge in [0.15, 0.2) is 6.61 Å². The molecule has 0 aliphatic heterocycles. The Morgan fingerprint density at radius 1 is 1.13 bits per heavy atom. The summed E-state index contributed by atoms with van der Waals surface area (Å²) in [6.07, 6.45) is 0. The fraction of sp³-hybridized carbons (Fsp3) is 0.222. The third-order valence-electron chi connectivity index (χ3n) is 2.95. The van der Waals surface area contributed by atoms with Crippen LogP contribution in [0.15, 0.2) is 41.6 Å². The molecule has 2 aromatic rings. The van der Waals surface area contributed by atoms with Crippen LogP contribution in [0.3, 0.4) is 0 Å². The van der Waals surface area contributed by atoms with Crippen LogP contribution in [0, 0.1) is 24.2 Å². The highest BCUT2D eigenvalue weighted by atomic mass is 16.6. The molecule has 116 valence electrons. The van der Waals surface area contributed by atoms with E-state index in [-0.39, 0.29) is 6.61 Å². The van der Waals surface area contributed by atoms with Gasteiger partial charge < -0.3 is 10.2 Å². The molecule has 0 amide bonds. The first-order chi connectivity index (χ1) is 11.1. The summed E-state index contributed by atoms with van der Waals surface area (Å²) in [4.78, 5) is 13.8. The van der Waals surface area contributed by atoms with Crippen molar-refractivity contribution in [1.29, 1.82) is 5.41 Å². The number of aryl methyl sites for hydroxylation is 1. The van der Waals surface area contributed by atoms with Crippen molar-refractivity contribution in [2.24, 2.45) is 5.16 Å². The van der Waals surface area contributed by atoms with Crippen molar-refractivity contribution in [2.45, 2.75) is 20.8 Å². The number of hydrogen-bond acceptors (Lipinski definition) is 5. The van der Waals surface area contributed by atoms with Gasteiger partial charge in [0.05, 0.1) is 17.1 Å². The molecule has 23 heavy (non-hydrogen) atoms. The normalized spacial score (nSPS) is 10.7. The van der Waals surface area contributed by atoms with Crippen molar-refractivity contribution >= 4 is 11.4 Å². The van der Waals surface area contributed by atoms with Crippen molar-refractivity contribution in [3.8, 4) is 11.8 Å². The molecule has 0 aromatic carbocycles. The van der Waals surface area contributed by atoms with Crippen LogP contribution >= 0.6 is 0 Å². The topological polar surface area (TPSA) is 71.2 Å². The molecule has 0 aliphatic carbocycles. The molecule has 1 N–H and O–H groups in total. The van der Waals surface area contributed by atoms with Gasteiger partial charge in [-0.05, 0) is 51.0 Å². The summed E-state index contributed by atoms with van der Waals surface area (Å²) in [6, 6.07) is 11.2. The van der Waals surface area contributed by atoms with Crippen molar-refractivity contribution in [3.05, 3.63) is 59.2 Å². The van der Waals surface area contributed by atoms with E-state index < -0.39 is 0 Å². The number of nitrogens with zero attached hydrogens (tertiary/aromatic N) is 3. The lowest BCUT2D eigenvalue weighted by Crippen LogP contribution is -2.01. The Bertz CT molecular complexity index is 800. The van der Waals surface area contributed by atoms with Crippen LogP contribution in [0.2, 0.25) is 0 Å². The standard InChI is InChI=1S/C18H18N4O/c1-13-7-4-11-18(20-13)15(3)22-23-12-6-9-16-8-5-10-17(21-16)14(2)19/h4-5,7-8,10-11,19H,12H2,1-3H3/b19-14?,22-15+. The highest BCUT2D eigenvalue weighted by Crippen LogP contribution is 2.01. The van der Waals surface area contributed by atoms with Crippen molar-refractivity contribution in [1.82, 2.24) is 9.97 Å². The predicted octanol–water partition coefficient (Wildman–Crippen LogP) is 2.97. The maximum atomic E-state index is 7.56. The molecule has 0 aliphatic rings. The minimum absolute atomic E-state index is 0.165. The fourth-order valence-electron chi connectivity index (χ4n) is 1.79. The number of oxime groups is 1. The Balaban J connectivity index is 1.94. The molecule has 0 unspecified atom stereocenters. The Morgan fingerprint density at radius 3 is 2.61 bits per heavy atom. The maximum Gasteiger partial charge on any atom is 0.177 e. The van der Waals surface area contributed by atoms with Gasteiger partial charge in [-0.15, -0.1) is 0 Å². The number of pyridine rings is 2. The zero-order valence-corrected chi connectivity index (χ0v) is 13.4. The fourth-order valence-corrected chi connectivity index (χ4v) is 1.79. The van der Waals surface area contributed by atoms with Crippen LogP contribution < -0.4 is 0 Å². The third-order valence-corrected chi connectivity index (χ3v) is 2.95. The summed E-state index contributed by atoms with van der Waals surface area (Å²) in [5.74, 6) is 5.75. The number of hydrogen-bond donors (Lipinski definition) is 1. The van der Waals surface area contributed by atoms with E-state index in [1.54, 1.807) is 19.1 Å². The molecule has 0 bridgehead atoms. The van der Waals surface area contributed by atoms with Gasteiger partial charge >= 0.3 is 0 Å². The van der Waals surface area contributed by atoms with Crippen LogP contribution in [0.4, 0.5) is 0 Å². The molecule has 0 fully saturated rings. The lowest BCUT2D eigenvalue weighted by molar-refractivity contribution is 0.179. The average Bonchev–Trinajstić information content (AvgIpc) is 2.54. The second-order valence-corrected chi connectivity index (χ2v) is 4.95. The first kappa shape index (κ1) is 16.4. The van der Waals surface area contributed by atoms with Gasteiger partial charge in [-0.25, -0.2) is 4.98 Å². The summed E-state index contributed by atoms with van der Waals surface area (Å²) in [6.45, 7) is 5.63.